The summed E-state index contributed by atoms with van der Waals surface area (Å²) in [4.78, 5) is 7.95. The van der Waals surface area contributed by atoms with E-state index in [4.69, 9.17) is 11.5 Å². The Morgan fingerprint density at radius 2 is 1.67 bits per heavy atom. The van der Waals surface area contributed by atoms with Crippen molar-refractivity contribution in [1.29, 1.82) is 0 Å². The van der Waals surface area contributed by atoms with Crippen LogP contribution in [0.5, 0.6) is 0 Å². The Hall–Kier alpha value is -3.53. The maximum absolute atomic E-state index is 13.0. The largest absolute Gasteiger partial charge is 0.416 e. The minimum Gasteiger partial charge on any atom is -0.382 e. The summed E-state index contributed by atoms with van der Waals surface area (Å²) in [6.45, 7) is 1.93. The van der Waals surface area contributed by atoms with Crippen LogP contribution >= 0.6 is 0 Å². The first-order chi connectivity index (χ1) is 12.7. The molecule has 7 heteroatoms. The standard InChI is InChI=1S/C20H15F3N4/c1-12-4-2-5-13(10-12)8-9-16-17(26-19(25)27-18(16)24)14-6-3-7-15(11-14)20(21,22)23/h2-7,10-11H,1H3,(H4,24,25,26,27). The van der Waals surface area contributed by atoms with Crippen LogP contribution in [-0.2, 0) is 6.18 Å². The second-order valence-electron chi connectivity index (χ2n) is 5.89. The number of hydrogen-bond donors (Lipinski definition) is 2. The number of nitrogens with zero attached hydrogens (tertiary/aromatic N) is 2. The number of nitrogen functional groups attached to an aromatic ring is 2. The highest BCUT2D eigenvalue weighted by molar-refractivity contribution is 5.74. The number of aryl methyl sites for hydroxylation is 1. The van der Waals surface area contributed by atoms with E-state index in [0.29, 0.717) is 0 Å². The van der Waals surface area contributed by atoms with Gasteiger partial charge in [-0.1, -0.05) is 36.1 Å². The van der Waals surface area contributed by atoms with Crippen molar-refractivity contribution < 1.29 is 13.2 Å². The van der Waals surface area contributed by atoms with Gasteiger partial charge >= 0.3 is 6.18 Å². The normalized spacial score (nSPS) is 11.0. The van der Waals surface area contributed by atoms with E-state index in [9.17, 15) is 13.2 Å². The fraction of sp³-hybridized carbons (Fsp3) is 0.100. The molecule has 0 atom stereocenters. The number of benzene rings is 2. The van der Waals surface area contributed by atoms with Gasteiger partial charge in [-0.25, -0.2) is 4.98 Å². The van der Waals surface area contributed by atoms with Crippen LogP contribution in [-0.4, -0.2) is 9.97 Å². The average molecular weight is 368 g/mol. The van der Waals surface area contributed by atoms with Crippen LogP contribution in [0.3, 0.4) is 0 Å². The summed E-state index contributed by atoms with van der Waals surface area (Å²) >= 11 is 0. The van der Waals surface area contributed by atoms with E-state index in [-0.39, 0.29) is 28.6 Å². The van der Waals surface area contributed by atoms with Gasteiger partial charge in [-0.05, 0) is 36.8 Å². The Labute approximate surface area is 154 Å². The van der Waals surface area contributed by atoms with E-state index in [1.165, 1.54) is 12.1 Å². The van der Waals surface area contributed by atoms with Crippen LogP contribution < -0.4 is 11.5 Å². The maximum atomic E-state index is 13.0. The molecule has 1 heterocycles. The summed E-state index contributed by atoms with van der Waals surface area (Å²) < 4.78 is 39.1. The summed E-state index contributed by atoms with van der Waals surface area (Å²) in [5.41, 5.74) is 13.1. The SMILES string of the molecule is Cc1cccc(C#Cc2c(N)nc(N)nc2-c2cccc(C(F)(F)F)c2)c1. The van der Waals surface area contributed by atoms with Crippen LogP contribution in [0.1, 0.15) is 22.3 Å². The van der Waals surface area contributed by atoms with Crippen LogP contribution in [0.25, 0.3) is 11.3 Å². The number of aromatic nitrogens is 2. The second-order valence-corrected chi connectivity index (χ2v) is 5.89. The van der Waals surface area contributed by atoms with Crippen molar-refractivity contribution in [3.63, 3.8) is 0 Å². The van der Waals surface area contributed by atoms with Gasteiger partial charge in [0.25, 0.3) is 0 Å². The van der Waals surface area contributed by atoms with Gasteiger partial charge in [0.1, 0.15) is 5.82 Å². The molecule has 0 fully saturated rings. The number of hydrogen-bond acceptors (Lipinski definition) is 4. The third kappa shape index (κ3) is 4.18. The monoisotopic (exact) mass is 368 g/mol. The zero-order valence-corrected chi connectivity index (χ0v) is 14.3. The van der Waals surface area contributed by atoms with Gasteiger partial charge in [0.15, 0.2) is 0 Å². The Kier molecular flexibility index (Phi) is 4.74. The number of halogens is 3. The number of alkyl halides is 3. The number of rotatable bonds is 1. The van der Waals surface area contributed by atoms with Crippen LogP contribution in [0, 0.1) is 18.8 Å². The molecule has 0 radical (unpaired) electrons. The van der Waals surface area contributed by atoms with Crippen LogP contribution in [0.2, 0.25) is 0 Å². The van der Waals surface area contributed by atoms with Crippen LogP contribution in [0.4, 0.5) is 24.9 Å². The molecule has 0 saturated carbocycles. The minimum absolute atomic E-state index is 0.00932. The van der Waals surface area contributed by atoms with Gasteiger partial charge in [-0.3, -0.25) is 0 Å². The fourth-order valence-electron chi connectivity index (χ4n) is 2.53. The van der Waals surface area contributed by atoms with Crippen molar-refractivity contribution in [2.24, 2.45) is 0 Å². The van der Waals surface area contributed by atoms with Gasteiger partial charge in [0, 0.05) is 11.1 Å². The molecule has 4 N–H and O–H groups in total. The van der Waals surface area contributed by atoms with Gasteiger partial charge < -0.3 is 11.5 Å². The van der Waals surface area contributed by atoms with E-state index in [2.05, 4.69) is 21.8 Å². The summed E-state index contributed by atoms with van der Waals surface area (Å²) in [6.07, 6.45) is -4.48. The lowest BCUT2D eigenvalue weighted by atomic mass is 10.0. The molecule has 0 unspecified atom stereocenters. The Balaban J connectivity index is 2.15. The summed E-state index contributed by atoms with van der Waals surface area (Å²) in [5.74, 6) is 5.69. The molecule has 0 bridgehead atoms. The van der Waals surface area contributed by atoms with Crippen LogP contribution in [0.15, 0.2) is 48.5 Å². The lowest BCUT2D eigenvalue weighted by Gasteiger charge is -2.11. The summed E-state index contributed by atoms with van der Waals surface area (Å²) in [7, 11) is 0. The van der Waals surface area contributed by atoms with E-state index >= 15 is 0 Å². The first-order valence-corrected chi connectivity index (χ1v) is 7.93. The molecule has 3 rings (SSSR count). The zero-order chi connectivity index (χ0) is 19.6. The molecule has 2 aromatic carbocycles. The zero-order valence-electron chi connectivity index (χ0n) is 14.3. The minimum atomic E-state index is -4.48. The molecule has 0 aliphatic carbocycles. The smallest absolute Gasteiger partial charge is 0.382 e. The molecule has 136 valence electrons. The molecule has 0 amide bonds. The molecule has 3 aromatic rings. The third-order valence-corrected chi connectivity index (χ3v) is 3.77. The Morgan fingerprint density at radius 1 is 0.926 bits per heavy atom. The van der Waals surface area contributed by atoms with Gasteiger partial charge in [0.2, 0.25) is 5.95 Å². The van der Waals surface area contributed by atoms with E-state index in [1.54, 1.807) is 0 Å². The third-order valence-electron chi connectivity index (χ3n) is 3.77. The Bertz CT molecular complexity index is 1060. The second kappa shape index (κ2) is 7.00. The lowest BCUT2D eigenvalue weighted by Crippen LogP contribution is -2.07. The predicted molar refractivity (Wildman–Crippen MR) is 98.5 cm³/mol. The molecule has 0 aliphatic rings. The van der Waals surface area contributed by atoms with Gasteiger partial charge in [-0.2, -0.15) is 18.2 Å². The van der Waals surface area contributed by atoms with Crippen molar-refractivity contribution in [3.05, 3.63) is 70.8 Å². The van der Waals surface area contributed by atoms with Crippen molar-refractivity contribution in [1.82, 2.24) is 9.97 Å². The maximum Gasteiger partial charge on any atom is 0.416 e. The summed E-state index contributed by atoms with van der Waals surface area (Å²) in [6, 6.07) is 12.2. The highest BCUT2D eigenvalue weighted by Gasteiger charge is 2.30. The highest BCUT2D eigenvalue weighted by Crippen LogP contribution is 2.33. The molecule has 0 saturated heterocycles. The number of anilines is 2. The molecule has 1 aromatic heterocycles. The van der Waals surface area contributed by atoms with Gasteiger partial charge in [-0.15, -0.1) is 0 Å². The molecule has 0 aliphatic heterocycles. The van der Waals surface area contributed by atoms with Crippen molar-refractivity contribution >= 4 is 11.8 Å². The predicted octanol–water partition coefficient (Wildman–Crippen LogP) is 4.04. The van der Waals surface area contributed by atoms with Crippen molar-refractivity contribution in [3.8, 4) is 23.1 Å². The highest BCUT2D eigenvalue weighted by atomic mass is 19.4. The first-order valence-electron chi connectivity index (χ1n) is 7.93. The van der Waals surface area contributed by atoms with E-state index < -0.39 is 11.7 Å². The van der Waals surface area contributed by atoms with Crippen molar-refractivity contribution in [2.45, 2.75) is 13.1 Å². The molecule has 27 heavy (non-hydrogen) atoms. The summed E-state index contributed by atoms with van der Waals surface area (Å²) in [5, 5.41) is 0. The average Bonchev–Trinajstić information content (AvgIpc) is 2.60. The molecular weight excluding hydrogens is 353 g/mol. The first kappa shape index (κ1) is 18.3. The lowest BCUT2D eigenvalue weighted by molar-refractivity contribution is -0.137. The number of nitrogens with two attached hydrogens (primary N) is 2. The van der Waals surface area contributed by atoms with E-state index in [0.717, 1.165) is 23.3 Å². The Morgan fingerprint density at radius 3 is 2.37 bits per heavy atom. The molecule has 4 nitrogen and oxygen atoms in total. The topological polar surface area (TPSA) is 77.8 Å². The molecular formula is C20H15F3N4. The van der Waals surface area contributed by atoms with Gasteiger partial charge in [0.05, 0.1) is 16.8 Å². The fourth-order valence-corrected chi connectivity index (χ4v) is 2.53. The van der Waals surface area contributed by atoms with E-state index in [1.807, 2.05) is 31.2 Å². The van der Waals surface area contributed by atoms with Crippen molar-refractivity contribution in [2.75, 3.05) is 11.5 Å². The quantitative estimate of drug-likeness (QED) is 0.636. The molecule has 0 spiro atoms.